The second kappa shape index (κ2) is 52.2. The molecule has 1 atom stereocenters. The summed E-state index contributed by atoms with van der Waals surface area (Å²) in [5, 5.41) is 0. The van der Waals surface area contributed by atoms with Crippen LogP contribution in [-0.4, -0.2) is 37.2 Å². The van der Waals surface area contributed by atoms with Crippen LogP contribution in [0, 0.1) is 0 Å². The second-order valence-electron chi connectivity index (χ2n) is 16.4. The molecule has 0 radical (unpaired) electrons. The van der Waals surface area contributed by atoms with Crippen LogP contribution in [0.1, 0.15) is 201 Å². The van der Waals surface area contributed by atoms with Crippen LogP contribution >= 0.6 is 0 Å². The van der Waals surface area contributed by atoms with Crippen LogP contribution in [0.25, 0.3) is 0 Å². The fraction of sp³-hybridized carbons (Fsp3) is 0.576. The number of hydrogen-bond acceptors (Lipinski definition) is 6. The highest BCUT2D eigenvalue weighted by molar-refractivity contribution is 5.71. The topological polar surface area (TPSA) is 78.9 Å². The number of ether oxygens (including phenoxy) is 3. The lowest BCUT2D eigenvalue weighted by molar-refractivity contribution is -0.167. The van der Waals surface area contributed by atoms with Gasteiger partial charge in [0.2, 0.25) is 0 Å². The number of rotatable bonds is 44. The van der Waals surface area contributed by atoms with Gasteiger partial charge in [0.15, 0.2) is 6.10 Å². The largest absolute Gasteiger partial charge is 0.462 e. The normalized spacial score (nSPS) is 13.2. The van der Waals surface area contributed by atoms with E-state index in [-0.39, 0.29) is 37.5 Å². The summed E-state index contributed by atoms with van der Waals surface area (Å²) in [6.07, 6.45) is 73.0. The van der Waals surface area contributed by atoms with Gasteiger partial charge in [-0.2, -0.15) is 0 Å². The van der Waals surface area contributed by atoms with Crippen molar-refractivity contribution in [2.24, 2.45) is 0 Å². The van der Waals surface area contributed by atoms with Crippen LogP contribution in [0.3, 0.4) is 0 Å². The molecule has 0 aliphatic rings. The first-order valence-corrected chi connectivity index (χ1v) is 25.7. The lowest BCUT2D eigenvalue weighted by Gasteiger charge is -2.18. The molecular formula is C59H92O6. The van der Waals surface area contributed by atoms with Gasteiger partial charge >= 0.3 is 17.9 Å². The third kappa shape index (κ3) is 50.4. The maximum Gasteiger partial charge on any atom is 0.306 e. The van der Waals surface area contributed by atoms with Gasteiger partial charge in [0.1, 0.15) is 13.2 Å². The average molecular weight is 897 g/mol. The Morgan fingerprint density at radius 1 is 0.338 bits per heavy atom. The van der Waals surface area contributed by atoms with Crippen LogP contribution in [0.4, 0.5) is 0 Å². The highest BCUT2D eigenvalue weighted by Gasteiger charge is 2.19. The molecule has 0 bridgehead atoms. The molecule has 0 fully saturated rings. The summed E-state index contributed by atoms with van der Waals surface area (Å²) in [5.74, 6) is -1.04. The van der Waals surface area contributed by atoms with Crippen LogP contribution in [0.15, 0.2) is 134 Å². The molecule has 0 aromatic heterocycles. The van der Waals surface area contributed by atoms with E-state index in [1.807, 2.05) is 36.5 Å². The summed E-state index contributed by atoms with van der Waals surface area (Å²) in [7, 11) is 0. The van der Waals surface area contributed by atoms with Gasteiger partial charge in [-0.1, -0.05) is 206 Å². The summed E-state index contributed by atoms with van der Waals surface area (Å²) in [5.41, 5.74) is 0. The SMILES string of the molecule is CC/C=C/C=C/C=C/C=C/CCCCCC(=O)OCC(COC(=O)CCC/C=C/C/C=C/C/C=C/C/C=C/C/C=C/CC)OC(=O)CCCCCCCCC/C=C/C/C=C/CCCCC. The molecule has 0 N–H and O–H groups in total. The zero-order chi connectivity index (χ0) is 47.2. The zero-order valence-corrected chi connectivity index (χ0v) is 41.4. The van der Waals surface area contributed by atoms with Crippen molar-refractivity contribution in [3.63, 3.8) is 0 Å². The van der Waals surface area contributed by atoms with Gasteiger partial charge in [0, 0.05) is 19.3 Å². The number of unbranched alkanes of at least 4 members (excludes halogenated alkanes) is 14. The molecule has 0 rings (SSSR count). The van der Waals surface area contributed by atoms with Crippen molar-refractivity contribution >= 4 is 17.9 Å². The highest BCUT2D eigenvalue weighted by atomic mass is 16.6. The summed E-state index contributed by atoms with van der Waals surface area (Å²) < 4.78 is 16.7. The molecule has 0 amide bonds. The molecule has 6 nitrogen and oxygen atoms in total. The molecule has 0 aliphatic carbocycles. The van der Waals surface area contributed by atoms with Crippen molar-refractivity contribution < 1.29 is 28.6 Å². The molecule has 0 spiro atoms. The van der Waals surface area contributed by atoms with Crippen molar-refractivity contribution in [1.82, 2.24) is 0 Å². The third-order valence-electron chi connectivity index (χ3n) is 10.2. The van der Waals surface area contributed by atoms with Crippen LogP contribution in [-0.2, 0) is 28.6 Å². The fourth-order valence-corrected chi connectivity index (χ4v) is 6.40. The van der Waals surface area contributed by atoms with Gasteiger partial charge in [-0.3, -0.25) is 14.4 Å². The Bertz CT molecular complexity index is 1450. The Morgan fingerprint density at radius 3 is 1.20 bits per heavy atom. The molecule has 6 heteroatoms. The van der Waals surface area contributed by atoms with E-state index in [0.29, 0.717) is 19.3 Å². The molecule has 364 valence electrons. The highest BCUT2D eigenvalue weighted by Crippen LogP contribution is 2.13. The number of carbonyl (C=O) groups is 3. The molecule has 0 heterocycles. The van der Waals surface area contributed by atoms with Crippen LogP contribution < -0.4 is 0 Å². The van der Waals surface area contributed by atoms with E-state index in [2.05, 4.69) is 118 Å². The average Bonchev–Trinajstić information content (AvgIpc) is 3.30. The quantitative estimate of drug-likeness (QED) is 0.0199. The lowest BCUT2D eigenvalue weighted by atomic mass is 10.1. The first-order chi connectivity index (χ1) is 32.0. The minimum Gasteiger partial charge on any atom is -0.462 e. The minimum atomic E-state index is -0.826. The predicted molar refractivity (Wildman–Crippen MR) is 279 cm³/mol. The zero-order valence-electron chi connectivity index (χ0n) is 41.4. The smallest absolute Gasteiger partial charge is 0.306 e. The maximum absolute atomic E-state index is 12.8. The van der Waals surface area contributed by atoms with E-state index in [0.717, 1.165) is 109 Å². The molecule has 1 unspecified atom stereocenters. The van der Waals surface area contributed by atoms with Crippen molar-refractivity contribution in [1.29, 1.82) is 0 Å². The van der Waals surface area contributed by atoms with Gasteiger partial charge in [0.25, 0.3) is 0 Å². The molecular weight excluding hydrogens is 805 g/mol. The van der Waals surface area contributed by atoms with Crippen molar-refractivity contribution in [3.05, 3.63) is 134 Å². The van der Waals surface area contributed by atoms with E-state index in [9.17, 15) is 14.4 Å². The fourth-order valence-electron chi connectivity index (χ4n) is 6.40. The summed E-state index contributed by atoms with van der Waals surface area (Å²) in [6.45, 7) is 6.24. The Morgan fingerprint density at radius 2 is 0.692 bits per heavy atom. The van der Waals surface area contributed by atoms with E-state index in [4.69, 9.17) is 14.2 Å². The minimum absolute atomic E-state index is 0.124. The molecule has 0 aromatic carbocycles. The van der Waals surface area contributed by atoms with E-state index in [1.165, 1.54) is 44.9 Å². The van der Waals surface area contributed by atoms with Crippen molar-refractivity contribution in [3.8, 4) is 0 Å². The molecule has 65 heavy (non-hydrogen) atoms. The number of hydrogen-bond donors (Lipinski definition) is 0. The van der Waals surface area contributed by atoms with Gasteiger partial charge in [0.05, 0.1) is 0 Å². The van der Waals surface area contributed by atoms with Gasteiger partial charge in [-0.25, -0.2) is 0 Å². The first-order valence-electron chi connectivity index (χ1n) is 25.7. The maximum atomic E-state index is 12.8. The second-order valence-corrected chi connectivity index (χ2v) is 16.4. The predicted octanol–water partition coefficient (Wildman–Crippen LogP) is 17.1. The third-order valence-corrected chi connectivity index (χ3v) is 10.2. The Hall–Kier alpha value is -4.45. The lowest BCUT2D eigenvalue weighted by Crippen LogP contribution is -2.30. The summed E-state index contributed by atoms with van der Waals surface area (Å²) in [6, 6.07) is 0. The summed E-state index contributed by atoms with van der Waals surface area (Å²) in [4.78, 5) is 38.0. The van der Waals surface area contributed by atoms with E-state index >= 15 is 0 Å². The Balaban J connectivity index is 4.57. The standard InChI is InChI=1S/C59H92O6/c1-4-7-10-13-16-19-22-25-27-29-31-34-37-40-43-46-49-52-58(61)64-55-56(54-63-57(60)51-48-45-42-39-36-33-24-21-18-15-12-9-6-3)65-59(62)53-50-47-44-41-38-35-32-30-28-26-23-20-17-14-11-8-5-2/h7,9-10,12,15-21,24-28,31,33-34,36,40,43,56H,4-6,8,11,13-14,22-23,29-30,32,35,37-39,41-42,44-55H2,1-3H3/b10-7+,12-9+,18-15+,19-16+,20-17+,24-21+,27-25+,28-26+,34-31+,36-33+,43-40+. The van der Waals surface area contributed by atoms with Crippen LogP contribution in [0.2, 0.25) is 0 Å². The van der Waals surface area contributed by atoms with Crippen molar-refractivity contribution in [2.75, 3.05) is 13.2 Å². The molecule has 0 saturated heterocycles. The van der Waals surface area contributed by atoms with Crippen LogP contribution in [0.5, 0.6) is 0 Å². The van der Waals surface area contributed by atoms with Gasteiger partial charge < -0.3 is 14.2 Å². The molecule has 0 aliphatic heterocycles. The number of esters is 3. The first kappa shape index (κ1) is 60.5. The Kier molecular flexibility index (Phi) is 48.6. The molecule has 0 saturated carbocycles. The Labute approximate surface area is 398 Å². The van der Waals surface area contributed by atoms with E-state index in [1.54, 1.807) is 0 Å². The van der Waals surface area contributed by atoms with E-state index < -0.39 is 6.10 Å². The van der Waals surface area contributed by atoms with Crippen molar-refractivity contribution in [2.45, 2.75) is 207 Å². The van der Waals surface area contributed by atoms with Gasteiger partial charge in [-0.15, -0.1) is 0 Å². The monoisotopic (exact) mass is 897 g/mol. The number of allylic oxidation sites excluding steroid dienone is 22. The molecule has 0 aromatic rings. The van der Waals surface area contributed by atoms with Gasteiger partial charge in [-0.05, 0) is 109 Å². The number of carbonyl (C=O) groups excluding carboxylic acids is 3. The summed E-state index contributed by atoms with van der Waals surface area (Å²) >= 11 is 0.